The molecule has 3 rings (SSSR count). The van der Waals surface area contributed by atoms with Crippen molar-refractivity contribution >= 4 is 34.0 Å². The molecule has 0 fully saturated rings. The van der Waals surface area contributed by atoms with Crippen LogP contribution in [0.4, 0.5) is 15.9 Å². The number of methoxy groups -OCH3 is 2. The highest BCUT2D eigenvalue weighted by molar-refractivity contribution is 6.33. The maximum atomic E-state index is 14.2. The quantitative estimate of drug-likeness (QED) is 0.588. The van der Waals surface area contributed by atoms with Crippen LogP contribution in [-0.4, -0.2) is 42.5 Å². The van der Waals surface area contributed by atoms with Gasteiger partial charge in [0.25, 0.3) is 0 Å². The number of phenols is 1. The van der Waals surface area contributed by atoms with Gasteiger partial charge in [-0.05, 0) is 18.2 Å². The third-order valence-electron chi connectivity index (χ3n) is 3.78. The van der Waals surface area contributed by atoms with Gasteiger partial charge < -0.3 is 24.6 Å². The maximum Gasteiger partial charge on any atom is 0.189 e. The molecule has 2 N–H and O–H groups in total. The molecular formula is C18H17ClFN3O4. The lowest BCUT2D eigenvalue weighted by atomic mass is 10.2. The number of nitrogens with zero attached hydrogens (tertiary/aromatic N) is 2. The van der Waals surface area contributed by atoms with Crippen LogP contribution in [0.2, 0.25) is 5.02 Å². The van der Waals surface area contributed by atoms with E-state index in [-0.39, 0.29) is 10.7 Å². The lowest BCUT2D eigenvalue weighted by Crippen LogP contribution is -2.06. The summed E-state index contributed by atoms with van der Waals surface area (Å²) in [6.07, 6.45) is 1.32. The number of hydrogen-bond donors (Lipinski definition) is 2. The Hall–Kier alpha value is -2.84. The van der Waals surface area contributed by atoms with Crippen LogP contribution < -0.4 is 14.8 Å². The molecule has 142 valence electrons. The van der Waals surface area contributed by atoms with Gasteiger partial charge in [-0.2, -0.15) is 0 Å². The molecule has 0 saturated carbocycles. The molecule has 0 unspecified atom stereocenters. The molecule has 3 aromatic rings. The summed E-state index contributed by atoms with van der Waals surface area (Å²) < 4.78 is 30.2. The van der Waals surface area contributed by atoms with Gasteiger partial charge in [0.2, 0.25) is 0 Å². The van der Waals surface area contributed by atoms with Crippen LogP contribution >= 0.6 is 11.6 Å². The van der Waals surface area contributed by atoms with Crippen LogP contribution in [0, 0.1) is 5.82 Å². The number of nitrogens with one attached hydrogen (secondary N) is 1. The Labute approximate surface area is 159 Å². The molecular weight excluding hydrogens is 377 g/mol. The highest BCUT2D eigenvalue weighted by atomic mass is 35.5. The van der Waals surface area contributed by atoms with Gasteiger partial charge in [-0.15, -0.1) is 0 Å². The van der Waals surface area contributed by atoms with Crippen molar-refractivity contribution < 1.29 is 23.7 Å². The van der Waals surface area contributed by atoms with Crippen LogP contribution in [0.15, 0.2) is 30.6 Å². The van der Waals surface area contributed by atoms with E-state index < -0.39 is 11.6 Å². The molecule has 0 saturated heterocycles. The number of benzene rings is 2. The molecule has 0 aliphatic carbocycles. The van der Waals surface area contributed by atoms with E-state index in [9.17, 15) is 9.50 Å². The first-order valence-electron chi connectivity index (χ1n) is 7.93. The van der Waals surface area contributed by atoms with Gasteiger partial charge in [-0.1, -0.05) is 11.6 Å². The zero-order valence-corrected chi connectivity index (χ0v) is 15.4. The van der Waals surface area contributed by atoms with Gasteiger partial charge in [0.1, 0.15) is 18.8 Å². The zero-order valence-electron chi connectivity index (χ0n) is 14.6. The minimum atomic E-state index is -0.874. The summed E-state index contributed by atoms with van der Waals surface area (Å²) in [5, 5.41) is 13.1. The number of fused-ring (bicyclic) bond motifs is 1. The van der Waals surface area contributed by atoms with E-state index in [0.29, 0.717) is 41.4 Å². The van der Waals surface area contributed by atoms with E-state index in [2.05, 4.69) is 15.3 Å². The molecule has 0 atom stereocenters. The summed E-state index contributed by atoms with van der Waals surface area (Å²) in [4.78, 5) is 8.37. The van der Waals surface area contributed by atoms with Crippen molar-refractivity contribution in [1.82, 2.24) is 9.97 Å². The minimum absolute atomic E-state index is 0.0870. The molecule has 27 heavy (non-hydrogen) atoms. The molecule has 1 aromatic heterocycles. The molecule has 0 aliphatic rings. The number of anilines is 2. The Kier molecular flexibility index (Phi) is 5.78. The molecule has 9 heteroatoms. The first-order chi connectivity index (χ1) is 13.0. The van der Waals surface area contributed by atoms with Crippen LogP contribution in [-0.2, 0) is 4.74 Å². The first-order valence-corrected chi connectivity index (χ1v) is 8.31. The molecule has 0 amide bonds. The lowest BCUT2D eigenvalue weighted by Gasteiger charge is -2.14. The van der Waals surface area contributed by atoms with E-state index in [1.165, 1.54) is 25.6 Å². The fourth-order valence-corrected chi connectivity index (χ4v) is 2.64. The largest absolute Gasteiger partial charge is 0.505 e. The SMILES string of the molecule is COCCOc1cc2ncnc(Nc3c(Cl)ccc(O)c3F)c2cc1OC. The first kappa shape index (κ1) is 18.9. The molecule has 7 nitrogen and oxygen atoms in total. The summed E-state index contributed by atoms with van der Waals surface area (Å²) >= 11 is 6.04. The Balaban J connectivity index is 2.03. The fraction of sp³-hybridized carbons (Fsp3) is 0.222. The summed E-state index contributed by atoms with van der Waals surface area (Å²) in [5.41, 5.74) is 0.466. The number of hydrogen-bond acceptors (Lipinski definition) is 7. The Morgan fingerprint density at radius 1 is 1.15 bits per heavy atom. The summed E-state index contributed by atoms with van der Waals surface area (Å²) in [5.74, 6) is -0.146. The molecule has 2 aromatic carbocycles. The lowest BCUT2D eigenvalue weighted by molar-refractivity contribution is 0.144. The average Bonchev–Trinajstić information content (AvgIpc) is 2.68. The van der Waals surface area contributed by atoms with Crippen molar-refractivity contribution in [1.29, 1.82) is 0 Å². The van der Waals surface area contributed by atoms with Crippen LogP contribution in [0.1, 0.15) is 0 Å². The predicted octanol–water partition coefficient (Wildman–Crippen LogP) is 3.91. The summed E-state index contributed by atoms with van der Waals surface area (Å²) in [7, 11) is 3.09. The van der Waals surface area contributed by atoms with Crippen molar-refractivity contribution in [2.75, 3.05) is 32.8 Å². The molecule has 0 radical (unpaired) electrons. The number of aromatic hydroxyl groups is 1. The zero-order chi connectivity index (χ0) is 19.4. The van der Waals surface area contributed by atoms with Gasteiger partial charge in [-0.3, -0.25) is 0 Å². The Bertz CT molecular complexity index is 971. The molecule has 1 heterocycles. The van der Waals surface area contributed by atoms with Gasteiger partial charge in [0.05, 0.1) is 29.9 Å². The van der Waals surface area contributed by atoms with Crippen molar-refractivity contribution in [3.05, 3.63) is 41.4 Å². The van der Waals surface area contributed by atoms with E-state index in [4.69, 9.17) is 25.8 Å². The summed E-state index contributed by atoms with van der Waals surface area (Å²) in [6, 6.07) is 5.92. The summed E-state index contributed by atoms with van der Waals surface area (Å²) in [6.45, 7) is 0.770. The number of phenolic OH excluding ortho intramolecular Hbond substituents is 1. The smallest absolute Gasteiger partial charge is 0.189 e. The van der Waals surface area contributed by atoms with Crippen LogP contribution in [0.5, 0.6) is 17.2 Å². The Morgan fingerprint density at radius 2 is 1.96 bits per heavy atom. The molecule has 0 aliphatic heterocycles. The van der Waals surface area contributed by atoms with E-state index >= 15 is 0 Å². The number of ether oxygens (including phenoxy) is 3. The Morgan fingerprint density at radius 3 is 2.70 bits per heavy atom. The van der Waals surface area contributed by atoms with Gasteiger partial charge >= 0.3 is 0 Å². The number of halogens is 2. The van der Waals surface area contributed by atoms with Crippen LogP contribution in [0.3, 0.4) is 0 Å². The van der Waals surface area contributed by atoms with Gasteiger partial charge in [-0.25, -0.2) is 14.4 Å². The highest BCUT2D eigenvalue weighted by Crippen LogP contribution is 2.37. The maximum absolute atomic E-state index is 14.2. The van der Waals surface area contributed by atoms with E-state index in [0.717, 1.165) is 0 Å². The molecule has 0 spiro atoms. The van der Waals surface area contributed by atoms with E-state index in [1.54, 1.807) is 19.2 Å². The second kappa shape index (κ2) is 8.24. The predicted molar refractivity (Wildman–Crippen MR) is 99.8 cm³/mol. The second-order valence-electron chi connectivity index (χ2n) is 5.46. The van der Waals surface area contributed by atoms with E-state index in [1.807, 2.05) is 0 Å². The van der Waals surface area contributed by atoms with Gasteiger partial charge in [0.15, 0.2) is 23.1 Å². The fourth-order valence-electron chi connectivity index (χ4n) is 2.45. The minimum Gasteiger partial charge on any atom is -0.505 e. The topological polar surface area (TPSA) is 85.7 Å². The van der Waals surface area contributed by atoms with Crippen molar-refractivity contribution in [3.8, 4) is 17.2 Å². The third kappa shape index (κ3) is 3.96. The van der Waals surface area contributed by atoms with Crippen molar-refractivity contribution in [2.24, 2.45) is 0 Å². The highest BCUT2D eigenvalue weighted by Gasteiger charge is 2.16. The standard InChI is InChI=1S/C18H17ClFN3O4/c1-25-5-6-27-15-8-12-10(7-14(15)26-2)18(22-9-21-12)23-17-11(19)3-4-13(24)16(17)20/h3-4,7-9,24H,5-6H2,1-2H3,(H,21,22,23). The number of aromatic nitrogens is 2. The van der Waals surface area contributed by atoms with Crippen LogP contribution in [0.25, 0.3) is 10.9 Å². The van der Waals surface area contributed by atoms with Crippen molar-refractivity contribution in [3.63, 3.8) is 0 Å². The average molecular weight is 394 g/mol. The second-order valence-corrected chi connectivity index (χ2v) is 5.87. The number of rotatable bonds is 7. The van der Waals surface area contributed by atoms with Gasteiger partial charge in [0, 0.05) is 18.6 Å². The normalized spacial score (nSPS) is 10.8. The monoisotopic (exact) mass is 393 g/mol. The molecule has 0 bridgehead atoms. The third-order valence-corrected chi connectivity index (χ3v) is 4.09. The van der Waals surface area contributed by atoms with Crippen molar-refractivity contribution in [2.45, 2.75) is 0 Å².